The summed E-state index contributed by atoms with van der Waals surface area (Å²) in [5, 5.41) is 3.65. The second-order valence-corrected chi connectivity index (χ2v) is 6.31. The van der Waals surface area contributed by atoms with Crippen LogP contribution in [0.15, 0.2) is 24.3 Å². The smallest absolute Gasteiger partial charge is 0.0371 e. The molecule has 0 aliphatic rings. The van der Waals surface area contributed by atoms with Crippen LogP contribution in [0.25, 0.3) is 0 Å². The van der Waals surface area contributed by atoms with Gasteiger partial charge in [0.2, 0.25) is 0 Å². The summed E-state index contributed by atoms with van der Waals surface area (Å²) >= 11 is 0. The molecule has 0 bridgehead atoms. The standard InChI is InChI=1S/C18H31N/c1-7-14(4)15-10-12-16(13-11-15)17(19-9-3)18(5,6)8-2/h10-14,17,19H,7-9H2,1-6H3. The van der Waals surface area contributed by atoms with Gasteiger partial charge in [-0.25, -0.2) is 0 Å². The highest BCUT2D eigenvalue weighted by atomic mass is 14.9. The molecule has 0 aromatic heterocycles. The van der Waals surface area contributed by atoms with Crippen molar-refractivity contribution in [2.45, 2.75) is 66.3 Å². The molecule has 1 rings (SSSR count). The molecule has 1 N–H and O–H groups in total. The van der Waals surface area contributed by atoms with Crippen molar-refractivity contribution in [2.75, 3.05) is 6.54 Å². The number of benzene rings is 1. The third-order valence-corrected chi connectivity index (χ3v) is 4.55. The number of hydrogen-bond acceptors (Lipinski definition) is 1. The number of hydrogen-bond donors (Lipinski definition) is 1. The Labute approximate surface area is 119 Å². The fourth-order valence-corrected chi connectivity index (χ4v) is 2.51. The van der Waals surface area contributed by atoms with Crippen LogP contribution in [-0.4, -0.2) is 6.54 Å². The van der Waals surface area contributed by atoms with Crippen LogP contribution in [0.3, 0.4) is 0 Å². The van der Waals surface area contributed by atoms with Crippen LogP contribution in [0.4, 0.5) is 0 Å². The molecule has 2 unspecified atom stereocenters. The third-order valence-electron chi connectivity index (χ3n) is 4.55. The van der Waals surface area contributed by atoms with E-state index in [2.05, 4.69) is 71.1 Å². The SMILES string of the molecule is CCNC(c1ccc(C(C)CC)cc1)C(C)(C)CC. The summed E-state index contributed by atoms with van der Waals surface area (Å²) in [5.41, 5.74) is 3.16. The predicted octanol–water partition coefficient (Wildman–Crippen LogP) is 5.29. The van der Waals surface area contributed by atoms with Crippen molar-refractivity contribution in [2.24, 2.45) is 5.41 Å². The lowest BCUT2D eigenvalue weighted by Gasteiger charge is -2.34. The van der Waals surface area contributed by atoms with E-state index in [1.807, 2.05) is 0 Å². The highest BCUT2D eigenvalue weighted by Gasteiger charge is 2.28. The van der Waals surface area contributed by atoms with E-state index in [0.717, 1.165) is 6.54 Å². The Hall–Kier alpha value is -0.820. The van der Waals surface area contributed by atoms with Crippen LogP contribution in [0.5, 0.6) is 0 Å². The molecule has 0 fully saturated rings. The minimum Gasteiger partial charge on any atom is -0.310 e. The highest BCUT2D eigenvalue weighted by Crippen LogP contribution is 2.36. The van der Waals surface area contributed by atoms with Gasteiger partial charge in [0.05, 0.1) is 0 Å². The van der Waals surface area contributed by atoms with E-state index < -0.39 is 0 Å². The van der Waals surface area contributed by atoms with Gasteiger partial charge in [-0.3, -0.25) is 0 Å². The van der Waals surface area contributed by atoms with E-state index in [1.165, 1.54) is 24.0 Å². The van der Waals surface area contributed by atoms with Gasteiger partial charge in [0.1, 0.15) is 0 Å². The van der Waals surface area contributed by atoms with E-state index >= 15 is 0 Å². The van der Waals surface area contributed by atoms with E-state index in [9.17, 15) is 0 Å². The Bertz CT molecular complexity index is 364. The van der Waals surface area contributed by atoms with Crippen LogP contribution < -0.4 is 5.32 Å². The first-order chi connectivity index (χ1) is 8.96. The van der Waals surface area contributed by atoms with Crippen molar-refractivity contribution >= 4 is 0 Å². The molecular weight excluding hydrogens is 230 g/mol. The second-order valence-electron chi connectivity index (χ2n) is 6.31. The van der Waals surface area contributed by atoms with Crippen LogP contribution in [-0.2, 0) is 0 Å². The van der Waals surface area contributed by atoms with Crippen LogP contribution in [0.2, 0.25) is 0 Å². The van der Waals surface area contributed by atoms with E-state index in [1.54, 1.807) is 0 Å². The summed E-state index contributed by atoms with van der Waals surface area (Å²) < 4.78 is 0. The summed E-state index contributed by atoms with van der Waals surface area (Å²) in [5.74, 6) is 0.658. The van der Waals surface area contributed by atoms with Crippen LogP contribution in [0, 0.1) is 5.41 Å². The Balaban J connectivity index is 2.98. The molecule has 0 saturated heterocycles. The first-order valence-electron chi connectivity index (χ1n) is 7.79. The molecule has 1 aromatic rings. The molecule has 1 heteroatoms. The quantitative estimate of drug-likeness (QED) is 0.703. The summed E-state index contributed by atoms with van der Waals surface area (Å²) in [4.78, 5) is 0. The lowest BCUT2D eigenvalue weighted by Crippen LogP contribution is -2.33. The van der Waals surface area contributed by atoms with Crippen molar-refractivity contribution in [3.63, 3.8) is 0 Å². The molecule has 19 heavy (non-hydrogen) atoms. The molecule has 0 aliphatic carbocycles. The Kier molecular flexibility index (Phi) is 6.06. The Morgan fingerprint density at radius 2 is 1.53 bits per heavy atom. The topological polar surface area (TPSA) is 12.0 Å². The molecule has 0 spiro atoms. The predicted molar refractivity (Wildman–Crippen MR) is 85.6 cm³/mol. The van der Waals surface area contributed by atoms with Crippen molar-refractivity contribution in [3.05, 3.63) is 35.4 Å². The van der Waals surface area contributed by atoms with Gasteiger partial charge in [0.15, 0.2) is 0 Å². The molecule has 108 valence electrons. The van der Waals surface area contributed by atoms with E-state index in [-0.39, 0.29) is 5.41 Å². The molecule has 0 radical (unpaired) electrons. The molecule has 1 aromatic carbocycles. The third kappa shape index (κ3) is 4.07. The van der Waals surface area contributed by atoms with Gasteiger partial charge < -0.3 is 5.32 Å². The maximum atomic E-state index is 3.65. The molecule has 2 atom stereocenters. The molecule has 0 heterocycles. The first-order valence-corrected chi connectivity index (χ1v) is 7.79. The minimum atomic E-state index is 0.286. The molecule has 0 amide bonds. The summed E-state index contributed by atoms with van der Waals surface area (Å²) in [6.07, 6.45) is 2.38. The Morgan fingerprint density at radius 1 is 1.00 bits per heavy atom. The van der Waals surface area contributed by atoms with E-state index in [4.69, 9.17) is 0 Å². The maximum absolute atomic E-state index is 3.65. The normalized spacial score (nSPS) is 15.3. The van der Waals surface area contributed by atoms with Crippen LogP contribution >= 0.6 is 0 Å². The summed E-state index contributed by atoms with van der Waals surface area (Å²) in [6, 6.07) is 9.67. The van der Waals surface area contributed by atoms with Crippen molar-refractivity contribution in [1.29, 1.82) is 0 Å². The average Bonchev–Trinajstić information content (AvgIpc) is 2.44. The van der Waals surface area contributed by atoms with Gasteiger partial charge in [-0.1, -0.05) is 65.8 Å². The van der Waals surface area contributed by atoms with Crippen molar-refractivity contribution < 1.29 is 0 Å². The van der Waals surface area contributed by atoms with E-state index in [0.29, 0.717) is 12.0 Å². The largest absolute Gasteiger partial charge is 0.310 e. The van der Waals surface area contributed by atoms with Gasteiger partial charge in [-0.2, -0.15) is 0 Å². The van der Waals surface area contributed by atoms with Crippen molar-refractivity contribution in [1.82, 2.24) is 5.32 Å². The van der Waals surface area contributed by atoms with Gasteiger partial charge in [-0.05, 0) is 41.8 Å². The summed E-state index contributed by atoms with van der Waals surface area (Å²) in [6.45, 7) is 14.7. The second kappa shape index (κ2) is 7.09. The number of rotatable bonds is 7. The molecule has 0 aliphatic heterocycles. The van der Waals surface area contributed by atoms with Gasteiger partial charge >= 0.3 is 0 Å². The molecule has 0 saturated carbocycles. The maximum Gasteiger partial charge on any atom is 0.0371 e. The van der Waals surface area contributed by atoms with Crippen LogP contribution in [0.1, 0.15) is 77.5 Å². The lowest BCUT2D eigenvalue weighted by atomic mass is 9.78. The van der Waals surface area contributed by atoms with Gasteiger partial charge in [0.25, 0.3) is 0 Å². The summed E-state index contributed by atoms with van der Waals surface area (Å²) in [7, 11) is 0. The zero-order valence-corrected chi connectivity index (χ0v) is 13.6. The van der Waals surface area contributed by atoms with Crippen molar-refractivity contribution in [3.8, 4) is 0 Å². The zero-order chi connectivity index (χ0) is 14.5. The average molecular weight is 261 g/mol. The highest BCUT2D eigenvalue weighted by molar-refractivity contribution is 5.28. The fourth-order valence-electron chi connectivity index (χ4n) is 2.51. The number of nitrogens with one attached hydrogen (secondary N) is 1. The molecular formula is C18H31N. The lowest BCUT2D eigenvalue weighted by molar-refractivity contribution is 0.237. The van der Waals surface area contributed by atoms with Gasteiger partial charge in [-0.15, -0.1) is 0 Å². The Morgan fingerprint density at radius 3 is 1.95 bits per heavy atom. The first kappa shape index (κ1) is 16.2. The minimum absolute atomic E-state index is 0.286. The molecule has 1 nitrogen and oxygen atoms in total. The van der Waals surface area contributed by atoms with Gasteiger partial charge in [0, 0.05) is 6.04 Å². The fraction of sp³-hybridized carbons (Fsp3) is 0.667. The zero-order valence-electron chi connectivity index (χ0n) is 13.6. The monoisotopic (exact) mass is 261 g/mol.